The van der Waals surface area contributed by atoms with Gasteiger partial charge in [-0.05, 0) is 157 Å². The molecular formula is C48H74O5. The minimum atomic E-state index is -0.615. The minimum absolute atomic E-state index is 0.177. The van der Waals surface area contributed by atoms with Gasteiger partial charge in [0.2, 0.25) is 0 Å². The summed E-state index contributed by atoms with van der Waals surface area (Å²) in [7, 11) is 0. The van der Waals surface area contributed by atoms with Crippen molar-refractivity contribution >= 4 is 0 Å². The van der Waals surface area contributed by atoms with Crippen LogP contribution in [0.5, 0.6) is 11.5 Å². The van der Waals surface area contributed by atoms with Crippen LogP contribution in [0.15, 0.2) is 59.2 Å². The van der Waals surface area contributed by atoms with Gasteiger partial charge in [-0.25, -0.2) is 0 Å². The number of phenolic OH excluding ortho intramolecular Hbond substituents is 1. The third kappa shape index (κ3) is 9.92. The molecule has 3 fully saturated rings. The molecule has 296 valence electrons. The van der Waals surface area contributed by atoms with Gasteiger partial charge in [-0.1, -0.05) is 82.4 Å². The monoisotopic (exact) mass is 731 g/mol. The first-order valence-corrected chi connectivity index (χ1v) is 21.3. The topological polar surface area (TPSA) is 90.2 Å². The van der Waals surface area contributed by atoms with Gasteiger partial charge in [0.1, 0.15) is 17.1 Å². The number of ether oxygens (including phenoxy) is 1. The molecule has 3 saturated carbocycles. The van der Waals surface area contributed by atoms with Crippen LogP contribution in [0.1, 0.15) is 169 Å². The zero-order valence-electron chi connectivity index (χ0n) is 34.6. The van der Waals surface area contributed by atoms with Crippen molar-refractivity contribution < 1.29 is 25.2 Å². The molecule has 4 N–H and O–H groups in total. The molecule has 0 bridgehead atoms. The number of benzene rings is 1. The van der Waals surface area contributed by atoms with E-state index in [4.69, 9.17) is 4.74 Å². The third-order valence-electron chi connectivity index (χ3n) is 14.0. The fourth-order valence-corrected chi connectivity index (χ4v) is 11.0. The number of hydrogen-bond donors (Lipinski definition) is 4. The number of unbranched alkanes of at least 4 members (excludes halogenated alkanes) is 2. The van der Waals surface area contributed by atoms with Crippen molar-refractivity contribution in [2.75, 3.05) is 0 Å². The van der Waals surface area contributed by atoms with Crippen LogP contribution in [0.2, 0.25) is 0 Å². The molecule has 4 aliphatic carbocycles. The van der Waals surface area contributed by atoms with Crippen molar-refractivity contribution in [2.45, 2.75) is 187 Å². The standard InChI is InChI=1S/C27H44O3.C21H30O2/c1-18(8-6-14-26(3,4)30)23-12-13-24-20(9-7-15-27(23,24)5)10-11-21-16-22(28)17-25(29)19(21)2;1-5-6-7-8-15-12-18(22)20-16-11-14(2)9-10-17(16)21(3,4)23-19(20)13-15/h10-11,18,22-25,28-30H,2,6-9,12-17H2,1,3-5H3;11-13,16-17,22H,5-10H2,1-4H3/b20-10+,21-11-;/t18-,22-,23-,24+,25+,27-;16-,17-/m11/s1. The highest BCUT2D eigenvalue weighted by Crippen LogP contribution is 2.60. The summed E-state index contributed by atoms with van der Waals surface area (Å²) in [5.74, 6) is 4.15. The average Bonchev–Trinajstić information content (AvgIpc) is 3.42. The van der Waals surface area contributed by atoms with Crippen molar-refractivity contribution in [2.24, 2.45) is 29.1 Å². The smallest absolute Gasteiger partial charge is 0.127 e. The molecule has 1 aliphatic heterocycles. The molecule has 0 amide bonds. The highest BCUT2D eigenvalue weighted by Gasteiger charge is 2.50. The van der Waals surface area contributed by atoms with Gasteiger partial charge >= 0.3 is 0 Å². The van der Waals surface area contributed by atoms with Gasteiger partial charge in [-0.3, -0.25) is 0 Å². The second kappa shape index (κ2) is 17.2. The fourth-order valence-electron chi connectivity index (χ4n) is 11.0. The number of fused-ring (bicyclic) bond motifs is 4. The molecule has 0 spiro atoms. The van der Waals surface area contributed by atoms with Crippen molar-refractivity contribution in [1.82, 2.24) is 0 Å². The summed E-state index contributed by atoms with van der Waals surface area (Å²) in [5, 5.41) is 40.9. The van der Waals surface area contributed by atoms with E-state index in [0.29, 0.717) is 41.8 Å². The minimum Gasteiger partial charge on any atom is -0.507 e. The van der Waals surface area contributed by atoms with Crippen LogP contribution in [-0.2, 0) is 6.42 Å². The number of aromatic hydroxyl groups is 1. The van der Waals surface area contributed by atoms with Crippen LogP contribution in [0.25, 0.3) is 0 Å². The molecule has 1 heterocycles. The summed E-state index contributed by atoms with van der Waals surface area (Å²) in [6, 6.07) is 4.13. The maximum Gasteiger partial charge on any atom is 0.127 e. The maximum atomic E-state index is 10.7. The van der Waals surface area contributed by atoms with Gasteiger partial charge in [-0.15, -0.1) is 0 Å². The van der Waals surface area contributed by atoms with Crippen LogP contribution < -0.4 is 4.74 Å². The number of aliphatic hydroxyl groups excluding tert-OH is 2. The number of aryl methyl sites for hydroxylation is 1. The zero-order valence-corrected chi connectivity index (χ0v) is 34.6. The Kier molecular flexibility index (Phi) is 13.6. The van der Waals surface area contributed by atoms with E-state index in [0.717, 1.165) is 60.5 Å². The molecule has 0 aromatic heterocycles. The molecule has 6 rings (SSSR count). The molecule has 0 saturated heterocycles. The summed E-state index contributed by atoms with van der Waals surface area (Å²) in [5.41, 5.74) is 6.62. The first-order valence-electron chi connectivity index (χ1n) is 21.3. The molecule has 5 aliphatic rings. The normalized spacial score (nSPS) is 32.9. The lowest BCUT2D eigenvalue weighted by atomic mass is 9.60. The van der Waals surface area contributed by atoms with Crippen LogP contribution in [0, 0.1) is 29.1 Å². The van der Waals surface area contributed by atoms with E-state index >= 15 is 0 Å². The molecule has 5 nitrogen and oxygen atoms in total. The lowest BCUT2D eigenvalue weighted by Gasteiger charge is -2.46. The van der Waals surface area contributed by atoms with Crippen molar-refractivity contribution in [1.29, 1.82) is 0 Å². The zero-order chi connectivity index (χ0) is 38.7. The van der Waals surface area contributed by atoms with Crippen molar-refractivity contribution in [3.63, 3.8) is 0 Å². The summed E-state index contributed by atoms with van der Waals surface area (Å²) in [4.78, 5) is 0. The quantitative estimate of drug-likeness (QED) is 0.142. The highest BCUT2D eigenvalue weighted by atomic mass is 16.5. The van der Waals surface area contributed by atoms with Crippen LogP contribution in [0.4, 0.5) is 0 Å². The highest BCUT2D eigenvalue weighted by molar-refractivity contribution is 5.54. The molecule has 53 heavy (non-hydrogen) atoms. The van der Waals surface area contributed by atoms with Gasteiger partial charge < -0.3 is 25.2 Å². The Labute approximate surface area is 322 Å². The average molecular weight is 731 g/mol. The van der Waals surface area contributed by atoms with Crippen LogP contribution in [-0.4, -0.2) is 43.8 Å². The van der Waals surface area contributed by atoms with Gasteiger partial charge in [0.05, 0.1) is 17.8 Å². The lowest BCUT2D eigenvalue weighted by molar-refractivity contribution is 0.0107. The third-order valence-corrected chi connectivity index (χ3v) is 14.0. The van der Waals surface area contributed by atoms with Gasteiger partial charge in [0.25, 0.3) is 0 Å². The summed E-state index contributed by atoms with van der Waals surface area (Å²) < 4.78 is 6.36. The Morgan fingerprint density at radius 1 is 1.04 bits per heavy atom. The molecule has 8 atom stereocenters. The molecule has 1 aromatic rings. The summed E-state index contributed by atoms with van der Waals surface area (Å²) >= 11 is 0. The van der Waals surface area contributed by atoms with Gasteiger partial charge in [0, 0.05) is 23.8 Å². The van der Waals surface area contributed by atoms with E-state index in [1.807, 2.05) is 19.9 Å². The number of phenols is 1. The Morgan fingerprint density at radius 2 is 1.79 bits per heavy atom. The lowest BCUT2D eigenvalue weighted by Crippen LogP contribution is -2.45. The molecule has 0 radical (unpaired) electrons. The summed E-state index contributed by atoms with van der Waals surface area (Å²) in [6.07, 6.45) is 23.1. The van der Waals surface area contributed by atoms with E-state index in [1.54, 1.807) is 5.57 Å². The van der Waals surface area contributed by atoms with Crippen molar-refractivity contribution in [3.8, 4) is 11.5 Å². The number of rotatable bonds is 10. The Morgan fingerprint density at radius 3 is 2.51 bits per heavy atom. The van der Waals surface area contributed by atoms with E-state index in [2.05, 4.69) is 72.4 Å². The van der Waals surface area contributed by atoms with E-state index in [-0.39, 0.29) is 11.5 Å². The Bertz CT molecular complexity index is 1520. The van der Waals surface area contributed by atoms with Crippen LogP contribution in [0.3, 0.4) is 0 Å². The van der Waals surface area contributed by atoms with E-state index < -0.39 is 17.8 Å². The van der Waals surface area contributed by atoms with E-state index in [9.17, 15) is 20.4 Å². The van der Waals surface area contributed by atoms with Crippen LogP contribution >= 0.6 is 0 Å². The van der Waals surface area contributed by atoms with E-state index in [1.165, 1.54) is 68.9 Å². The molecule has 0 unspecified atom stereocenters. The number of hydrogen-bond acceptors (Lipinski definition) is 5. The fraction of sp³-hybridized carbons (Fsp3) is 0.708. The molecule has 5 heteroatoms. The second-order valence-electron chi connectivity index (χ2n) is 19.2. The SMILES string of the molecule is C=C1/C(=C\C=C2/CCC[C@]3(C)[C@@H]([C@H](C)CCCC(C)(C)O)CC[C@@H]23)C[C@@H](O)C[C@@H]1O.CCCCCc1cc(O)c2c(c1)OC(C)(C)[C@@H]1CCC(C)=C[C@@H]21. The van der Waals surface area contributed by atoms with Gasteiger partial charge in [-0.2, -0.15) is 0 Å². The first kappa shape index (κ1) is 41.8. The number of allylic oxidation sites excluding steroid dienone is 5. The predicted octanol–water partition coefficient (Wildman–Crippen LogP) is 11.4. The Hall–Kier alpha value is -2.34. The van der Waals surface area contributed by atoms with Gasteiger partial charge in [0.15, 0.2) is 0 Å². The summed E-state index contributed by atoms with van der Waals surface area (Å²) in [6.45, 7) is 21.6. The van der Waals surface area contributed by atoms with Crippen molar-refractivity contribution in [3.05, 3.63) is 70.4 Å². The molecular weight excluding hydrogens is 657 g/mol. The predicted molar refractivity (Wildman–Crippen MR) is 219 cm³/mol. The largest absolute Gasteiger partial charge is 0.507 e. The first-order chi connectivity index (χ1) is 24.9. The number of aliphatic hydroxyl groups is 3. The molecule has 1 aromatic carbocycles. The second-order valence-corrected chi connectivity index (χ2v) is 19.2. The maximum absolute atomic E-state index is 10.7. The Balaban J connectivity index is 0.000000211.